The molecule has 4 nitrogen and oxygen atoms in total. The molecule has 13 heavy (non-hydrogen) atoms. The molecule has 0 atom stereocenters. The van der Waals surface area contributed by atoms with Gasteiger partial charge in [0.1, 0.15) is 0 Å². The van der Waals surface area contributed by atoms with Gasteiger partial charge in [0.2, 0.25) is 0 Å². The van der Waals surface area contributed by atoms with Crippen molar-refractivity contribution in [3.05, 3.63) is 23.8 Å². The summed E-state index contributed by atoms with van der Waals surface area (Å²) in [6.07, 6.45) is 1.07. The molecule has 0 fully saturated rings. The normalized spacial score (nSPS) is 11.5. The summed E-state index contributed by atoms with van der Waals surface area (Å²) in [5, 5.41) is 8.89. The molecule has 0 aliphatic heterocycles. The van der Waals surface area contributed by atoms with E-state index in [1.165, 1.54) is 12.1 Å². The minimum Gasteiger partial charge on any atom is -0.398 e. The lowest BCUT2D eigenvalue weighted by Crippen LogP contribution is -2.06. The number of hydrogen-bond donors (Lipinski definition) is 2. The van der Waals surface area contributed by atoms with Crippen LogP contribution in [0, 0.1) is 0 Å². The van der Waals surface area contributed by atoms with E-state index in [-0.39, 0.29) is 17.2 Å². The molecule has 0 aliphatic rings. The molecule has 0 heterocycles. The van der Waals surface area contributed by atoms with Crippen molar-refractivity contribution in [3.8, 4) is 0 Å². The van der Waals surface area contributed by atoms with E-state index in [2.05, 4.69) is 0 Å². The second-order valence-electron chi connectivity index (χ2n) is 2.77. The Morgan fingerprint density at radius 3 is 2.46 bits per heavy atom. The maximum absolute atomic E-state index is 11.2. The van der Waals surface area contributed by atoms with Crippen LogP contribution in [-0.4, -0.2) is 19.8 Å². The zero-order valence-corrected chi connectivity index (χ0v) is 8.00. The van der Waals surface area contributed by atoms with E-state index >= 15 is 0 Å². The van der Waals surface area contributed by atoms with Crippen molar-refractivity contribution < 1.29 is 13.5 Å². The van der Waals surface area contributed by atoms with Gasteiger partial charge in [0.15, 0.2) is 9.84 Å². The molecule has 0 radical (unpaired) electrons. The Hall–Kier alpha value is -1.07. The highest BCUT2D eigenvalue weighted by molar-refractivity contribution is 7.91. The largest absolute Gasteiger partial charge is 0.398 e. The summed E-state index contributed by atoms with van der Waals surface area (Å²) in [6, 6.07) is 4.64. The van der Waals surface area contributed by atoms with Gasteiger partial charge in [-0.15, -0.1) is 0 Å². The third-order valence-corrected chi connectivity index (χ3v) is 2.91. The van der Waals surface area contributed by atoms with Crippen LogP contribution in [0.1, 0.15) is 5.56 Å². The van der Waals surface area contributed by atoms with Crippen LogP contribution in [0.5, 0.6) is 0 Å². The molecule has 0 spiro atoms. The van der Waals surface area contributed by atoms with Crippen LogP contribution in [0.4, 0.5) is 5.69 Å². The Kier molecular flexibility index (Phi) is 2.58. The van der Waals surface area contributed by atoms with Gasteiger partial charge < -0.3 is 10.8 Å². The van der Waals surface area contributed by atoms with Crippen molar-refractivity contribution in [2.24, 2.45) is 0 Å². The third kappa shape index (κ3) is 1.99. The predicted molar refractivity (Wildman–Crippen MR) is 49.9 cm³/mol. The van der Waals surface area contributed by atoms with E-state index in [1.54, 1.807) is 6.07 Å². The summed E-state index contributed by atoms with van der Waals surface area (Å²) in [6.45, 7) is -0.326. The van der Waals surface area contributed by atoms with E-state index in [0.29, 0.717) is 5.56 Å². The zero-order valence-electron chi connectivity index (χ0n) is 7.19. The predicted octanol–water partition coefficient (Wildman–Crippen LogP) is 0.165. The number of sulfone groups is 1. The van der Waals surface area contributed by atoms with Gasteiger partial charge in [-0.25, -0.2) is 8.42 Å². The summed E-state index contributed by atoms with van der Waals surface area (Å²) >= 11 is 0. The van der Waals surface area contributed by atoms with Gasteiger partial charge in [-0.05, 0) is 11.6 Å². The number of nitrogens with two attached hydrogens (primary N) is 1. The number of rotatable bonds is 2. The molecule has 1 aromatic carbocycles. The molecular formula is C8H11NO3S. The van der Waals surface area contributed by atoms with Gasteiger partial charge in [-0.2, -0.15) is 0 Å². The van der Waals surface area contributed by atoms with Gasteiger partial charge >= 0.3 is 0 Å². The minimum absolute atomic E-state index is 0.0255. The van der Waals surface area contributed by atoms with Crippen molar-refractivity contribution in [2.45, 2.75) is 11.5 Å². The van der Waals surface area contributed by atoms with E-state index in [4.69, 9.17) is 10.8 Å². The number of aliphatic hydroxyl groups is 1. The fourth-order valence-electron chi connectivity index (χ4n) is 1.18. The van der Waals surface area contributed by atoms with Crippen molar-refractivity contribution in [3.63, 3.8) is 0 Å². The Balaban J connectivity index is 3.50. The van der Waals surface area contributed by atoms with E-state index in [9.17, 15) is 8.42 Å². The van der Waals surface area contributed by atoms with Crippen molar-refractivity contribution >= 4 is 15.5 Å². The highest BCUT2D eigenvalue weighted by atomic mass is 32.2. The van der Waals surface area contributed by atoms with Gasteiger partial charge in [-0.3, -0.25) is 0 Å². The summed E-state index contributed by atoms with van der Waals surface area (Å²) in [5.41, 5.74) is 6.00. The van der Waals surface area contributed by atoms with E-state index < -0.39 is 9.84 Å². The first kappa shape index (κ1) is 10.0. The molecule has 0 aromatic heterocycles. The lowest BCUT2D eigenvalue weighted by atomic mass is 10.2. The van der Waals surface area contributed by atoms with Gasteiger partial charge in [0.25, 0.3) is 0 Å². The van der Waals surface area contributed by atoms with Gasteiger partial charge in [0, 0.05) is 6.26 Å². The van der Waals surface area contributed by atoms with Crippen molar-refractivity contribution in [1.29, 1.82) is 0 Å². The molecule has 0 amide bonds. The number of hydrogen-bond acceptors (Lipinski definition) is 4. The van der Waals surface area contributed by atoms with Gasteiger partial charge in [-0.1, -0.05) is 12.1 Å². The maximum Gasteiger partial charge on any atom is 0.177 e. The Morgan fingerprint density at radius 1 is 1.46 bits per heavy atom. The van der Waals surface area contributed by atoms with Gasteiger partial charge in [0.05, 0.1) is 17.2 Å². The lowest BCUT2D eigenvalue weighted by molar-refractivity contribution is 0.278. The highest BCUT2D eigenvalue weighted by Crippen LogP contribution is 2.22. The molecule has 0 saturated carbocycles. The first-order valence-electron chi connectivity index (χ1n) is 3.65. The van der Waals surface area contributed by atoms with Crippen LogP contribution < -0.4 is 5.73 Å². The smallest absolute Gasteiger partial charge is 0.177 e. The van der Waals surface area contributed by atoms with Crippen LogP contribution in [0.3, 0.4) is 0 Å². The molecule has 1 aromatic rings. The molecule has 0 saturated heterocycles. The lowest BCUT2D eigenvalue weighted by Gasteiger charge is -2.07. The number of aliphatic hydroxyl groups excluding tert-OH is 1. The Labute approximate surface area is 76.9 Å². The number of benzene rings is 1. The third-order valence-electron chi connectivity index (χ3n) is 1.67. The average Bonchev–Trinajstić information content (AvgIpc) is 2.01. The first-order valence-corrected chi connectivity index (χ1v) is 5.54. The molecule has 5 heteroatoms. The second kappa shape index (κ2) is 3.35. The Morgan fingerprint density at radius 2 is 2.08 bits per heavy atom. The SMILES string of the molecule is CS(=O)(=O)c1c(N)cccc1CO. The molecular weight excluding hydrogens is 190 g/mol. The summed E-state index contributed by atoms with van der Waals surface area (Å²) in [7, 11) is -3.36. The maximum atomic E-state index is 11.2. The van der Waals surface area contributed by atoms with Crippen LogP contribution in [-0.2, 0) is 16.4 Å². The second-order valence-corrected chi connectivity index (χ2v) is 4.72. The van der Waals surface area contributed by atoms with Crippen molar-refractivity contribution in [1.82, 2.24) is 0 Å². The van der Waals surface area contributed by atoms with E-state index in [1.807, 2.05) is 0 Å². The molecule has 0 bridgehead atoms. The highest BCUT2D eigenvalue weighted by Gasteiger charge is 2.15. The molecule has 0 unspecified atom stereocenters. The first-order chi connectivity index (χ1) is 5.96. The summed E-state index contributed by atoms with van der Waals surface area (Å²) < 4.78 is 22.5. The molecule has 1 rings (SSSR count). The molecule has 0 aliphatic carbocycles. The van der Waals surface area contributed by atoms with Crippen LogP contribution in [0.2, 0.25) is 0 Å². The fourth-order valence-corrected chi connectivity index (χ4v) is 2.29. The average molecular weight is 201 g/mol. The standard InChI is InChI=1S/C8H11NO3S/c1-13(11,12)8-6(5-10)3-2-4-7(8)9/h2-4,10H,5,9H2,1H3. The fraction of sp³-hybridized carbons (Fsp3) is 0.250. The van der Waals surface area contributed by atoms with Crippen LogP contribution >= 0.6 is 0 Å². The minimum atomic E-state index is -3.36. The van der Waals surface area contributed by atoms with Crippen LogP contribution in [0.15, 0.2) is 23.1 Å². The Bertz CT molecular complexity index is 411. The van der Waals surface area contributed by atoms with Crippen LogP contribution in [0.25, 0.3) is 0 Å². The molecule has 3 N–H and O–H groups in total. The monoisotopic (exact) mass is 201 g/mol. The topological polar surface area (TPSA) is 80.4 Å². The molecule has 72 valence electrons. The number of nitrogen functional groups attached to an aromatic ring is 1. The number of anilines is 1. The van der Waals surface area contributed by atoms with E-state index in [0.717, 1.165) is 6.26 Å². The zero-order chi connectivity index (χ0) is 10.1. The summed E-state index contributed by atoms with van der Waals surface area (Å²) in [4.78, 5) is 0.0255. The summed E-state index contributed by atoms with van der Waals surface area (Å²) in [5.74, 6) is 0. The quantitative estimate of drug-likeness (QED) is 0.668. The van der Waals surface area contributed by atoms with Crippen molar-refractivity contribution in [2.75, 3.05) is 12.0 Å².